The molecule has 228 valence electrons. The number of nitrogens with two attached hydrogens (primary N) is 1. The molecule has 2 unspecified atom stereocenters. The van der Waals surface area contributed by atoms with Crippen LogP contribution in [0.4, 0.5) is 22.0 Å². The highest BCUT2D eigenvalue weighted by atomic mass is 32.2. The van der Waals surface area contributed by atoms with Crippen molar-refractivity contribution in [2.75, 3.05) is 19.3 Å². The minimum atomic E-state index is -5.09. The van der Waals surface area contributed by atoms with Gasteiger partial charge in [0, 0.05) is 31.0 Å². The van der Waals surface area contributed by atoms with Gasteiger partial charge in [0.05, 0.1) is 31.0 Å². The van der Waals surface area contributed by atoms with Crippen LogP contribution in [-0.4, -0.2) is 79.1 Å². The van der Waals surface area contributed by atoms with E-state index in [0.29, 0.717) is 11.8 Å². The Hall–Kier alpha value is -4.28. The Morgan fingerprint density at radius 2 is 2.00 bits per heavy atom. The number of rotatable bonds is 11. The minimum absolute atomic E-state index is 0.00574. The Morgan fingerprint density at radius 3 is 2.57 bits per heavy atom. The number of hydrogen-bond donors (Lipinski definition) is 2. The second-order valence-electron chi connectivity index (χ2n) is 9.28. The number of amides is 2. The number of primary amides is 1. The van der Waals surface area contributed by atoms with Crippen molar-refractivity contribution in [2.24, 2.45) is 5.73 Å². The highest BCUT2D eigenvalue weighted by Crippen LogP contribution is 2.27. The Balaban J connectivity index is 1.65. The normalized spacial score (nSPS) is 18.5. The fraction of sp³-hybridized carbons (Fsp3) is 0.360. The molecule has 0 bridgehead atoms. The molecular weight excluding hydrogens is 593 g/mol. The van der Waals surface area contributed by atoms with Crippen LogP contribution in [0.3, 0.4) is 0 Å². The van der Waals surface area contributed by atoms with Gasteiger partial charge < -0.3 is 25.5 Å². The van der Waals surface area contributed by atoms with Crippen molar-refractivity contribution in [3.8, 4) is 5.75 Å². The lowest BCUT2D eigenvalue weighted by Gasteiger charge is -2.35. The molecule has 1 aliphatic heterocycles. The van der Waals surface area contributed by atoms with Crippen molar-refractivity contribution in [1.29, 1.82) is 5.41 Å². The van der Waals surface area contributed by atoms with Gasteiger partial charge in [-0.25, -0.2) is 17.2 Å². The average Bonchev–Trinajstić information content (AvgIpc) is 3.30. The van der Waals surface area contributed by atoms with E-state index in [1.807, 2.05) is 0 Å². The third-order valence-electron chi connectivity index (χ3n) is 5.81. The summed E-state index contributed by atoms with van der Waals surface area (Å²) >= 11 is 0. The summed E-state index contributed by atoms with van der Waals surface area (Å²) in [6.45, 7) is -0.442. The van der Waals surface area contributed by atoms with Gasteiger partial charge in [0.2, 0.25) is 5.91 Å². The van der Waals surface area contributed by atoms with E-state index in [9.17, 15) is 35.6 Å². The molecule has 0 radical (unpaired) electrons. The quantitative estimate of drug-likeness (QED) is 0.129. The van der Waals surface area contributed by atoms with Crippen molar-refractivity contribution in [3.63, 3.8) is 0 Å². The summed E-state index contributed by atoms with van der Waals surface area (Å²) in [5.74, 6) is -4.68. The van der Waals surface area contributed by atoms with E-state index in [-0.39, 0.29) is 35.7 Å². The Kier molecular flexibility index (Phi) is 10.1. The van der Waals surface area contributed by atoms with Crippen LogP contribution in [0.25, 0.3) is 6.08 Å². The number of nitrogens with zero attached hydrogens (tertiary/aromatic N) is 3. The molecule has 2 amide bonds. The molecule has 0 aliphatic carbocycles. The summed E-state index contributed by atoms with van der Waals surface area (Å²) < 4.78 is 99.1. The maximum Gasteiger partial charge on any atom is 0.573 e. The van der Waals surface area contributed by atoms with Gasteiger partial charge in [-0.3, -0.25) is 14.3 Å². The first kappa shape index (κ1) is 32.2. The molecule has 2 aromatic rings. The van der Waals surface area contributed by atoms with E-state index in [1.54, 1.807) is 0 Å². The van der Waals surface area contributed by atoms with Crippen LogP contribution >= 0.6 is 0 Å². The van der Waals surface area contributed by atoms with Crippen LogP contribution < -0.4 is 10.5 Å². The van der Waals surface area contributed by atoms with Gasteiger partial charge in [0.15, 0.2) is 27.6 Å². The number of nitrogens with one attached hydrogen (secondary N) is 1. The Morgan fingerprint density at radius 1 is 1.29 bits per heavy atom. The molecule has 2 atom stereocenters. The molecule has 11 nitrogen and oxygen atoms in total. The molecule has 17 heteroatoms. The second kappa shape index (κ2) is 13.1. The number of benzene rings is 1. The summed E-state index contributed by atoms with van der Waals surface area (Å²) in [5, 5.41) is 11.5. The number of halogens is 5. The molecule has 1 aromatic heterocycles. The molecule has 42 heavy (non-hydrogen) atoms. The highest BCUT2D eigenvalue weighted by Gasteiger charge is 2.34. The van der Waals surface area contributed by atoms with Crippen LogP contribution in [0.2, 0.25) is 0 Å². The average molecular weight is 620 g/mol. The number of carbonyl (C=O) groups excluding carboxylic acids is 2. The van der Waals surface area contributed by atoms with Gasteiger partial charge in [0.1, 0.15) is 17.7 Å². The molecule has 0 saturated carbocycles. The van der Waals surface area contributed by atoms with Gasteiger partial charge in [-0.05, 0) is 23.8 Å². The predicted molar refractivity (Wildman–Crippen MR) is 139 cm³/mol. The fourth-order valence-electron chi connectivity index (χ4n) is 3.97. The number of allylic oxidation sites excluding steroid dienone is 1. The number of sulfone groups is 1. The fourth-order valence-corrected chi connectivity index (χ4v) is 4.59. The summed E-state index contributed by atoms with van der Waals surface area (Å²) in [5.41, 5.74) is 5.60. The summed E-state index contributed by atoms with van der Waals surface area (Å²) in [6, 6.07) is 2.54. The molecule has 1 fully saturated rings. The second-order valence-corrected chi connectivity index (χ2v) is 11.4. The molecule has 2 heterocycles. The van der Waals surface area contributed by atoms with Gasteiger partial charge >= 0.3 is 6.36 Å². The molecule has 0 spiro atoms. The minimum Gasteiger partial charge on any atom is -0.485 e. The number of aromatic nitrogens is 2. The lowest BCUT2D eigenvalue weighted by atomic mass is 10.0. The third-order valence-corrected chi connectivity index (χ3v) is 6.55. The van der Waals surface area contributed by atoms with Gasteiger partial charge in [-0.2, -0.15) is 5.10 Å². The van der Waals surface area contributed by atoms with Crippen molar-refractivity contribution in [2.45, 2.75) is 37.4 Å². The van der Waals surface area contributed by atoms with E-state index in [0.717, 1.165) is 34.0 Å². The molecule has 3 N–H and O–H groups in total. The number of likely N-dealkylation sites (tertiary alicyclic amines) is 1. The van der Waals surface area contributed by atoms with Gasteiger partial charge in [-0.15, -0.1) is 13.2 Å². The van der Waals surface area contributed by atoms with Crippen molar-refractivity contribution in [3.05, 3.63) is 64.9 Å². The first-order valence-corrected chi connectivity index (χ1v) is 14.2. The standard InChI is InChI=1S/C25H26F5N5O6S/c1-42(38,39)14-35-12-16(11-33-35)2-4-17(24(32)37)22(10-31)40-20-6-7-34(13-19(20)27)23(36)9-15-3-5-21(18(26)8-15)41-25(28,29)30/h2-5,8,10-12,19-20,31H,6-7,9,13-14H2,1H3,(H2,32,37)/b4-2+,22-17-,31-10?. The van der Waals surface area contributed by atoms with Crippen molar-refractivity contribution in [1.82, 2.24) is 14.7 Å². The molecule has 1 aromatic carbocycles. The maximum absolute atomic E-state index is 15.0. The summed E-state index contributed by atoms with van der Waals surface area (Å²) in [6.07, 6.45) is -1.47. The summed E-state index contributed by atoms with van der Waals surface area (Å²) in [4.78, 5) is 25.8. The first-order valence-electron chi connectivity index (χ1n) is 12.1. The van der Waals surface area contributed by atoms with Crippen LogP contribution in [0.15, 0.2) is 48.0 Å². The predicted octanol–water partition coefficient (Wildman–Crippen LogP) is 2.52. The summed E-state index contributed by atoms with van der Waals surface area (Å²) in [7, 11) is -3.35. The zero-order valence-electron chi connectivity index (χ0n) is 22.0. The van der Waals surface area contributed by atoms with E-state index in [2.05, 4.69) is 9.84 Å². The lowest BCUT2D eigenvalue weighted by Crippen LogP contribution is -2.48. The zero-order valence-corrected chi connectivity index (χ0v) is 22.8. The third kappa shape index (κ3) is 9.39. The molecule has 1 saturated heterocycles. The van der Waals surface area contributed by atoms with Crippen LogP contribution in [0, 0.1) is 11.2 Å². The van der Waals surface area contributed by atoms with Crippen LogP contribution in [0.5, 0.6) is 5.75 Å². The molecule has 3 rings (SSSR count). The van der Waals surface area contributed by atoms with Crippen LogP contribution in [-0.2, 0) is 36.5 Å². The van der Waals surface area contributed by atoms with Crippen LogP contribution in [0.1, 0.15) is 17.5 Å². The Labute approximate surface area is 236 Å². The monoisotopic (exact) mass is 619 g/mol. The Bertz CT molecular complexity index is 1510. The van der Waals surface area contributed by atoms with E-state index in [4.69, 9.17) is 15.9 Å². The van der Waals surface area contributed by atoms with Gasteiger partial charge in [-0.1, -0.05) is 12.1 Å². The maximum atomic E-state index is 15.0. The zero-order chi connectivity index (χ0) is 31.2. The lowest BCUT2D eigenvalue weighted by molar-refractivity contribution is -0.275. The largest absolute Gasteiger partial charge is 0.573 e. The first-order chi connectivity index (χ1) is 19.5. The smallest absolute Gasteiger partial charge is 0.485 e. The van der Waals surface area contributed by atoms with Crippen molar-refractivity contribution >= 4 is 33.9 Å². The highest BCUT2D eigenvalue weighted by molar-refractivity contribution is 7.89. The van der Waals surface area contributed by atoms with Gasteiger partial charge in [0.25, 0.3) is 5.91 Å². The SMILES string of the molecule is CS(=O)(=O)Cn1cc(/C=C/C(C(N)=O)=C(\C=N)OC2CCN(C(=O)Cc3ccc(OC(F)(F)F)c(F)c3)CC2F)cn1. The van der Waals surface area contributed by atoms with E-state index in [1.165, 1.54) is 24.5 Å². The number of carbonyl (C=O) groups is 2. The number of piperidine rings is 1. The van der Waals surface area contributed by atoms with Crippen molar-refractivity contribution < 1.29 is 49.4 Å². The van der Waals surface area contributed by atoms with E-state index >= 15 is 4.39 Å². The number of ether oxygens (including phenoxy) is 2. The van der Waals surface area contributed by atoms with E-state index < -0.39 is 64.8 Å². The number of alkyl halides is 4. The number of hydrogen-bond acceptors (Lipinski definition) is 8. The molecule has 1 aliphatic rings. The molecular formula is C25H26F5N5O6S. The topological polar surface area (TPSA) is 158 Å².